The molecule has 6 nitrogen and oxygen atoms in total. The number of rotatable bonds is 4. The third kappa shape index (κ3) is 1.87. The molecule has 98 valence electrons. The topological polar surface area (TPSA) is 60.6 Å². The van der Waals surface area contributed by atoms with E-state index in [1.54, 1.807) is 0 Å². The summed E-state index contributed by atoms with van der Waals surface area (Å²) in [5.74, 6) is 1.70. The fourth-order valence-corrected chi connectivity index (χ4v) is 2.17. The molecule has 0 saturated heterocycles. The summed E-state index contributed by atoms with van der Waals surface area (Å²) in [6, 6.07) is 0. The Morgan fingerprint density at radius 3 is 2.39 bits per heavy atom. The standard InChI is InChI=1S/C12H20N6/c1-6-13-12-15-14-11(18(12)7-2)10-8(3)16-17(5)9(10)4/h6-7H2,1-5H3,(H,13,15). The second-order valence-electron chi connectivity index (χ2n) is 4.29. The van der Waals surface area contributed by atoms with E-state index >= 15 is 0 Å². The molecule has 1 N–H and O–H groups in total. The lowest BCUT2D eigenvalue weighted by atomic mass is 10.2. The van der Waals surface area contributed by atoms with E-state index in [4.69, 9.17) is 0 Å². The average Bonchev–Trinajstić information content (AvgIpc) is 2.82. The zero-order valence-electron chi connectivity index (χ0n) is 11.7. The Morgan fingerprint density at radius 1 is 1.17 bits per heavy atom. The summed E-state index contributed by atoms with van der Waals surface area (Å²) < 4.78 is 3.97. The van der Waals surface area contributed by atoms with Gasteiger partial charge in [-0.1, -0.05) is 0 Å². The lowest BCUT2D eigenvalue weighted by molar-refractivity contribution is 0.730. The van der Waals surface area contributed by atoms with Crippen LogP contribution in [0.2, 0.25) is 0 Å². The van der Waals surface area contributed by atoms with E-state index in [1.807, 2.05) is 18.7 Å². The Hall–Kier alpha value is -1.85. The monoisotopic (exact) mass is 248 g/mol. The minimum absolute atomic E-state index is 0.817. The van der Waals surface area contributed by atoms with E-state index in [1.165, 1.54) is 0 Å². The van der Waals surface area contributed by atoms with Crippen LogP contribution in [0.1, 0.15) is 25.2 Å². The third-order valence-electron chi connectivity index (χ3n) is 3.13. The molecule has 0 saturated carbocycles. The molecular weight excluding hydrogens is 228 g/mol. The zero-order valence-corrected chi connectivity index (χ0v) is 11.7. The molecule has 2 rings (SSSR count). The maximum atomic E-state index is 4.43. The van der Waals surface area contributed by atoms with Crippen LogP contribution < -0.4 is 5.32 Å². The molecule has 2 aromatic heterocycles. The zero-order chi connectivity index (χ0) is 13.3. The smallest absolute Gasteiger partial charge is 0.224 e. The number of anilines is 1. The van der Waals surface area contributed by atoms with Gasteiger partial charge in [0.15, 0.2) is 5.82 Å². The first kappa shape index (κ1) is 12.6. The maximum absolute atomic E-state index is 4.43. The molecule has 0 aliphatic heterocycles. The van der Waals surface area contributed by atoms with Crippen molar-refractivity contribution >= 4 is 5.95 Å². The maximum Gasteiger partial charge on any atom is 0.224 e. The molecule has 2 aromatic rings. The van der Waals surface area contributed by atoms with Crippen molar-refractivity contribution in [3.8, 4) is 11.4 Å². The molecule has 0 unspecified atom stereocenters. The number of nitrogens with one attached hydrogen (secondary N) is 1. The first-order valence-electron chi connectivity index (χ1n) is 6.27. The van der Waals surface area contributed by atoms with Crippen LogP contribution in [-0.4, -0.2) is 31.1 Å². The molecule has 0 radical (unpaired) electrons. The van der Waals surface area contributed by atoms with E-state index in [0.29, 0.717) is 0 Å². The van der Waals surface area contributed by atoms with E-state index in [9.17, 15) is 0 Å². The van der Waals surface area contributed by atoms with E-state index < -0.39 is 0 Å². The summed E-state index contributed by atoms with van der Waals surface area (Å²) in [6.07, 6.45) is 0. The molecular formula is C12H20N6. The van der Waals surface area contributed by atoms with E-state index in [-0.39, 0.29) is 0 Å². The molecule has 0 bridgehead atoms. The van der Waals surface area contributed by atoms with Gasteiger partial charge in [-0.25, -0.2) is 0 Å². The fourth-order valence-electron chi connectivity index (χ4n) is 2.17. The largest absolute Gasteiger partial charge is 0.355 e. The van der Waals surface area contributed by atoms with Crippen LogP contribution in [0.3, 0.4) is 0 Å². The molecule has 2 heterocycles. The average molecular weight is 248 g/mol. The van der Waals surface area contributed by atoms with Gasteiger partial charge >= 0.3 is 0 Å². The molecule has 0 aromatic carbocycles. The van der Waals surface area contributed by atoms with Crippen molar-refractivity contribution < 1.29 is 0 Å². The summed E-state index contributed by atoms with van der Waals surface area (Å²) in [4.78, 5) is 0. The van der Waals surface area contributed by atoms with Crippen molar-refractivity contribution in [2.45, 2.75) is 34.2 Å². The van der Waals surface area contributed by atoms with Crippen LogP contribution >= 0.6 is 0 Å². The highest BCUT2D eigenvalue weighted by Crippen LogP contribution is 2.26. The predicted molar refractivity (Wildman–Crippen MR) is 71.5 cm³/mol. The Morgan fingerprint density at radius 2 is 1.89 bits per heavy atom. The first-order chi connectivity index (χ1) is 8.60. The number of aryl methyl sites for hydroxylation is 2. The summed E-state index contributed by atoms with van der Waals surface area (Å²) >= 11 is 0. The number of aromatic nitrogens is 5. The second kappa shape index (κ2) is 4.80. The van der Waals surface area contributed by atoms with Gasteiger partial charge in [0, 0.05) is 25.8 Å². The van der Waals surface area contributed by atoms with Gasteiger partial charge < -0.3 is 5.32 Å². The van der Waals surface area contributed by atoms with E-state index in [2.05, 4.69) is 46.0 Å². The van der Waals surface area contributed by atoms with Gasteiger partial charge in [0.2, 0.25) is 5.95 Å². The van der Waals surface area contributed by atoms with Gasteiger partial charge in [-0.05, 0) is 27.7 Å². The van der Waals surface area contributed by atoms with Crippen molar-refractivity contribution in [3.63, 3.8) is 0 Å². The molecule has 0 aliphatic carbocycles. The summed E-state index contributed by atoms with van der Waals surface area (Å²) in [5, 5.41) is 16.2. The number of nitrogens with zero attached hydrogens (tertiary/aromatic N) is 5. The molecule has 0 spiro atoms. The highest BCUT2D eigenvalue weighted by Gasteiger charge is 2.19. The van der Waals surface area contributed by atoms with Crippen LogP contribution in [0.25, 0.3) is 11.4 Å². The van der Waals surface area contributed by atoms with Gasteiger partial charge in [-0.3, -0.25) is 9.25 Å². The number of hydrogen-bond acceptors (Lipinski definition) is 4. The molecule has 6 heteroatoms. The quantitative estimate of drug-likeness (QED) is 0.895. The lowest BCUT2D eigenvalue weighted by Crippen LogP contribution is -2.07. The van der Waals surface area contributed by atoms with E-state index in [0.717, 1.165) is 41.8 Å². The highest BCUT2D eigenvalue weighted by molar-refractivity contribution is 5.63. The van der Waals surface area contributed by atoms with Gasteiger partial charge in [0.05, 0.1) is 11.3 Å². The van der Waals surface area contributed by atoms with Crippen molar-refractivity contribution in [3.05, 3.63) is 11.4 Å². The van der Waals surface area contributed by atoms with Crippen molar-refractivity contribution in [2.75, 3.05) is 11.9 Å². The van der Waals surface area contributed by atoms with Gasteiger partial charge in [-0.15, -0.1) is 10.2 Å². The Balaban J connectivity index is 2.57. The van der Waals surface area contributed by atoms with Crippen LogP contribution in [0.15, 0.2) is 0 Å². The molecule has 0 atom stereocenters. The van der Waals surface area contributed by atoms with Crippen molar-refractivity contribution in [1.29, 1.82) is 0 Å². The summed E-state index contributed by atoms with van der Waals surface area (Å²) in [6.45, 7) is 9.87. The Kier molecular flexibility index (Phi) is 3.36. The Labute approximate surface area is 107 Å². The van der Waals surface area contributed by atoms with Gasteiger partial charge in [-0.2, -0.15) is 5.10 Å². The minimum atomic E-state index is 0.817. The minimum Gasteiger partial charge on any atom is -0.355 e. The van der Waals surface area contributed by atoms with Gasteiger partial charge in [0.1, 0.15) is 0 Å². The normalized spacial score (nSPS) is 10.9. The van der Waals surface area contributed by atoms with Crippen molar-refractivity contribution in [2.24, 2.45) is 7.05 Å². The second-order valence-corrected chi connectivity index (χ2v) is 4.29. The predicted octanol–water partition coefficient (Wildman–Crippen LogP) is 1.75. The highest BCUT2D eigenvalue weighted by atomic mass is 15.4. The van der Waals surface area contributed by atoms with Crippen LogP contribution in [0.5, 0.6) is 0 Å². The third-order valence-corrected chi connectivity index (χ3v) is 3.13. The molecule has 0 aliphatic rings. The van der Waals surface area contributed by atoms with Crippen LogP contribution in [-0.2, 0) is 13.6 Å². The van der Waals surface area contributed by atoms with Crippen LogP contribution in [0, 0.1) is 13.8 Å². The van der Waals surface area contributed by atoms with Crippen molar-refractivity contribution in [1.82, 2.24) is 24.5 Å². The molecule has 0 fully saturated rings. The van der Waals surface area contributed by atoms with Crippen LogP contribution in [0.4, 0.5) is 5.95 Å². The molecule has 0 amide bonds. The first-order valence-corrected chi connectivity index (χ1v) is 6.27. The lowest BCUT2D eigenvalue weighted by Gasteiger charge is -2.08. The summed E-state index contributed by atoms with van der Waals surface area (Å²) in [7, 11) is 1.95. The summed E-state index contributed by atoms with van der Waals surface area (Å²) in [5.41, 5.74) is 3.17. The fraction of sp³-hybridized carbons (Fsp3) is 0.583. The SMILES string of the molecule is CCNc1nnc(-c2c(C)nn(C)c2C)n1CC. The van der Waals surface area contributed by atoms with Gasteiger partial charge in [0.25, 0.3) is 0 Å². The number of hydrogen-bond donors (Lipinski definition) is 1. The molecule has 18 heavy (non-hydrogen) atoms. The Bertz CT molecular complexity index is 551.